The van der Waals surface area contributed by atoms with Crippen LogP contribution in [0, 0.1) is 0 Å². The van der Waals surface area contributed by atoms with Crippen molar-refractivity contribution in [2.75, 3.05) is 20.3 Å². The van der Waals surface area contributed by atoms with Gasteiger partial charge < -0.3 is 19.9 Å². The first-order valence-electron chi connectivity index (χ1n) is 7.56. The molecular formula is C16H22N4O3. The monoisotopic (exact) mass is 318 g/mol. The first-order valence-corrected chi connectivity index (χ1v) is 7.56. The third-order valence-electron chi connectivity index (χ3n) is 3.38. The highest BCUT2D eigenvalue weighted by Crippen LogP contribution is 2.15. The Morgan fingerprint density at radius 1 is 1.26 bits per heavy atom. The van der Waals surface area contributed by atoms with Gasteiger partial charge in [0, 0.05) is 27.2 Å². The highest BCUT2D eigenvalue weighted by atomic mass is 16.5. The van der Waals surface area contributed by atoms with Gasteiger partial charge in [0.25, 0.3) is 0 Å². The number of benzene rings is 1. The van der Waals surface area contributed by atoms with Gasteiger partial charge in [-0.25, -0.2) is 4.98 Å². The largest absolute Gasteiger partial charge is 0.385 e. The summed E-state index contributed by atoms with van der Waals surface area (Å²) in [7, 11) is 1.63. The van der Waals surface area contributed by atoms with Crippen LogP contribution in [0.5, 0.6) is 0 Å². The van der Waals surface area contributed by atoms with Crippen molar-refractivity contribution in [3.63, 3.8) is 0 Å². The summed E-state index contributed by atoms with van der Waals surface area (Å²) < 4.78 is 6.78. The number of carbonyl (C=O) groups excluding carboxylic acids is 2. The predicted octanol–water partition coefficient (Wildman–Crippen LogP) is 0.825. The summed E-state index contributed by atoms with van der Waals surface area (Å²) in [6.45, 7) is 3.10. The minimum atomic E-state index is -0.132. The number of nitrogens with zero attached hydrogens (tertiary/aromatic N) is 2. The van der Waals surface area contributed by atoms with Gasteiger partial charge in [0.05, 0.1) is 17.6 Å². The van der Waals surface area contributed by atoms with Crippen LogP contribution in [0.25, 0.3) is 11.0 Å². The van der Waals surface area contributed by atoms with Crippen molar-refractivity contribution in [3.05, 3.63) is 30.1 Å². The molecule has 7 heteroatoms. The first kappa shape index (κ1) is 17.0. The van der Waals surface area contributed by atoms with Crippen molar-refractivity contribution in [3.8, 4) is 0 Å². The Morgan fingerprint density at radius 3 is 2.78 bits per heavy atom. The normalized spacial score (nSPS) is 10.7. The summed E-state index contributed by atoms with van der Waals surface area (Å²) in [5.41, 5.74) is 1.68. The minimum absolute atomic E-state index is 0.0895. The quantitative estimate of drug-likeness (QED) is 0.706. The average Bonchev–Trinajstić information content (AvgIpc) is 2.87. The number of hydrogen-bond acceptors (Lipinski definition) is 4. The smallest absolute Gasteiger partial charge is 0.240 e. The molecule has 0 saturated heterocycles. The van der Waals surface area contributed by atoms with Gasteiger partial charge in [0.15, 0.2) is 0 Å². The summed E-state index contributed by atoms with van der Waals surface area (Å²) in [6.07, 6.45) is 0.770. The summed E-state index contributed by atoms with van der Waals surface area (Å²) in [5.74, 6) is 0.439. The van der Waals surface area contributed by atoms with Gasteiger partial charge in [-0.15, -0.1) is 0 Å². The number of imidazole rings is 1. The lowest BCUT2D eigenvalue weighted by Gasteiger charge is -2.10. The third kappa shape index (κ3) is 4.79. The standard InChI is InChI=1S/C16H22N4O3/c1-12(21)18-10-15-19-13-6-3-4-7-14(13)20(15)11-16(22)17-8-5-9-23-2/h3-4,6-7H,5,8-11H2,1-2H3,(H,17,22)(H,18,21). The number of amides is 2. The maximum Gasteiger partial charge on any atom is 0.240 e. The van der Waals surface area contributed by atoms with E-state index < -0.39 is 0 Å². The van der Waals surface area contributed by atoms with E-state index in [1.54, 1.807) is 7.11 Å². The second-order valence-corrected chi connectivity index (χ2v) is 5.21. The molecule has 0 radical (unpaired) electrons. The molecule has 1 heterocycles. The predicted molar refractivity (Wildman–Crippen MR) is 86.8 cm³/mol. The summed E-state index contributed by atoms with van der Waals surface area (Å²) >= 11 is 0. The van der Waals surface area contributed by atoms with Gasteiger partial charge in [-0.1, -0.05) is 12.1 Å². The zero-order valence-electron chi connectivity index (χ0n) is 13.5. The first-order chi connectivity index (χ1) is 11.1. The molecule has 0 saturated carbocycles. The lowest BCUT2D eigenvalue weighted by Crippen LogP contribution is -2.30. The molecule has 1 aromatic heterocycles. The van der Waals surface area contributed by atoms with Crippen LogP contribution in [0.1, 0.15) is 19.2 Å². The van der Waals surface area contributed by atoms with Crippen molar-refractivity contribution in [1.82, 2.24) is 20.2 Å². The van der Waals surface area contributed by atoms with Crippen LogP contribution in [0.3, 0.4) is 0 Å². The van der Waals surface area contributed by atoms with E-state index in [0.29, 0.717) is 25.5 Å². The highest BCUT2D eigenvalue weighted by Gasteiger charge is 2.13. The van der Waals surface area contributed by atoms with Crippen LogP contribution >= 0.6 is 0 Å². The Hall–Kier alpha value is -2.41. The van der Waals surface area contributed by atoms with Crippen LogP contribution in [0.2, 0.25) is 0 Å². The van der Waals surface area contributed by atoms with Crippen molar-refractivity contribution in [1.29, 1.82) is 0 Å². The zero-order valence-corrected chi connectivity index (χ0v) is 13.5. The van der Waals surface area contributed by atoms with Crippen LogP contribution in [-0.2, 0) is 27.4 Å². The van der Waals surface area contributed by atoms with Gasteiger partial charge in [-0.2, -0.15) is 0 Å². The molecule has 2 rings (SSSR count). The van der Waals surface area contributed by atoms with E-state index in [2.05, 4.69) is 15.6 Å². The van der Waals surface area contributed by atoms with Crippen LogP contribution in [0.4, 0.5) is 0 Å². The van der Waals surface area contributed by atoms with Gasteiger partial charge in [0.2, 0.25) is 11.8 Å². The van der Waals surface area contributed by atoms with Crippen LogP contribution < -0.4 is 10.6 Å². The number of methoxy groups -OCH3 is 1. The number of fused-ring (bicyclic) bond motifs is 1. The maximum atomic E-state index is 12.1. The fourth-order valence-electron chi connectivity index (χ4n) is 2.28. The molecule has 0 bridgehead atoms. The third-order valence-corrected chi connectivity index (χ3v) is 3.38. The van der Waals surface area contributed by atoms with E-state index in [0.717, 1.165) is 17.5 Å². The molecule has 0 unspecified atom stereocenters. The van der Waals surface area contributed by atoms with Crippen molar-refractivity contribution in [2.24, 2.45) is 0 Å². The highest BCUT2D eigenvalue weighted by molar-refractivity contribution is 5.81. The Kier molecular flexibility index (Phi) is 6.10. The van der Waals surface area contributed by atoms with E-state index in [-0.39, 0.29) is 18.4 Å². The molecule has 2 N–H and O–H groups in total. The molecule has 23 heavy (non-hydrogen) atoms. The SMILES string of the molecule is COCCCNC(=O)Cn1c(CNC(C)=O)nc2ccccc21. The van der Waals surface area contributed by atoms with Crippen molar-refractivity contribution < 1.29 is 14.3 Å². The molecule has 0 spiro atoms. The molecule has 0 aliphatic heterocycles. The molecule has 0 atom stereocenters. The molecule has 2 aromatic rings. The lowest BCUT2D eigenvalue weighted by molar-refractivity contribution is -0.121. The Labute approximate surface area is 135 Å². The summed E-state index contributed by atoms with van der Waals surface area (Å²) in [5, 5.41) is 5.58. The topological polar surface area (TPSA) is 85.2 Å². The van der Waals surface area contributed by atoms with Crippen LogP contribution in [-0.4, -0.2) is 41.6 Å². The number of aromatic nitrogens is 2. The van der Waals surface area contributed by atoms with E-state index >= 15 is 0 Å². The molecule has 0 aliphatic rings. The number of nitrogens with one attached hydrogen (secondary N) is 2. The zero-order chi connectivity index (χ0) is 16.7. The van der Waals surface area contributed by atoms with Gasteiger partial charge >= 0.3 is 0 Å². The van der Waals surface area contributed by atoms with E-state index in [4.69, 9.17) is 4.74 Å². The second-order valence-electron chi connectivity index (χ2n) is 5.21. The Bertz CT molecular complexity index is 681. The molecule has 2 amide bonds. The molecular weight excluding hydrogens is 296 g/mol. The van der Waals surface area contributed by atoms with Crippen LogP contribution in [0.15, 0.2) is 24.3 Å². The van der Waals surface area contributed by atoms with Gasteiger partial charge in [0.1, 0.15) is 12.4 Å². The second kappa shape index (κ2) is 8.28. The molecule has 124 valence electrons. The summed E-state index contributed by atoms with van der Waals surface area (Å²) in [4.78, 5) is 27.7. The maximum absolute atomic E-state index is 12.1. The van der Waals surface area contributed by atoms with Gasteiger partial charge in [-0.3, -0.25) is 9.59 Å². The van der Waals surface area contributed by atoms with E-state index in [9.17, 15) is 9.59 Å². The van der Waals surface area contributed by atoms with Gasteiger partial charge in [-0.05, 0) is 18.6 Å². The summed E-state index contributed by atoms with van der Waals surface area (Å²) in [6, 6.07) is 7.60. The Balaban J connectivity index is 2.11. The number of rotatable bonds is 8. The minimum Gasteiger partial charge on any atom is -0.385 e. The van der Waals surface area contributed by atoms with E-state index in [1.807, 2.05) is 28.8 Å². The fourth-order valence-corrected chi connectivity index (χ4v) is 2.28. The van der Waals surface area contributed by atoms with Crippen molar-refractivity contribution in [2.45, 2.75) is 26.4 Å². The number of carbonyl (C=O) groups is 2. The molecule has 1 aromatic carbocycles. The number of hydrogen-bond donors (Lipinski definition) is 2. The molecule has 0 aliphatic carbocycles. The lowest BCUT2D eigenvalue weighted by atomic mass is 10.3. The number of para-hydroxylation sites is 2. The Morgan fingerprint density at radius 2 is 2.04 bits per heavy atom. The number of ether oxygens (including phenoxy) is 1. The average molecular weight is 318 g/mol. The van der Waals surface area contributed by atoms with E-state index in [1.165, 1.54) is 6.92 Å². The molecule has 0 fully saturated rings. The fraction of sp³-hybridized carbons (Fsp3) is 0.438. The van der Waals surface area contributed by atoms with Crippen molar-refractivity contribution >= 4 is 22.8 Å². The molecule has 7 nitrogen and oxygen atoms in total.